The van der Waals surface area contributed by atoms with Crippen LogP contribution in [0.3, 0.4) is 0 Å². The summed E-state index contributed by atoms with van der Waals surface area (Å²) >= 11 is 0. The number of benzene rings is 1. The number of aromatic nitrogens is 2. The molecule has 0 atom stereocenters. The largest absolute Gasteiger partial charge is 0.357 e. The summed E-state index contributed by atoms with van der Waals surface area (Å²) in [5.74, 6) is 1.83. The van der Waals surface area contributed by atoms with Crippen LogP contribution in [-0.2, 0) is 16.4 Å². The molecule has 0 amide bonds. The summed E-state index contributed by atoms with van der Waals surface area (Å²) in [6.07, 6.45) is 4.99. The van der Waals surface area contributed by atoms with Crippen molar-refractivity contribution in [3.8, 4) is 11.3 Å². The lowest BCUT2D eigenvalue weighted by atomic mass is 10.1. The highest BCUT2D eigenvalue weighted by atomic mass is 32.2. The summed E-state index contributed by atoms with van der Waals surface area (Å²) in [5.41, 5.74) is 1.90. The number of nitrogens with one attached hydrogen (secondary N) is 2. The van der Waals surface area contributed by atoms with Crippen LogP contribution in [0.5, 0.6) is 0 Å². The fourth-order valence-corrected chi connectivity index (χ4v) is 4.79. The average molecular weight is 404 g/mol. The van der Waals surface area contributed by atoms with E-state index in [0.717, 1.165) is 42.4 Å². The van der Waals surface area contributed by atoms with Gasteiger partial charge in [0, 0.05) is 31.8 Å². The number of hydrogen-bond donors (Lipinski definition) is 2. The third kappa shape index (κ3) is 5.58. The third-order valence-corrected chi connectivity index (χ3v) is 6.02. The standard InChI is InChI=1S/C20H29N5O2S/c1-4-21-19(23-14-20(10-11-20)15-28(3,26)27)25(2)13-18-22-12-17(24-18)16-8-6-5-7-9-16/h5-9,12H,4,10-11,13-15H2,1-3H3,(H,21,23)(H,22,24). The van der Waals surface area contributed by atoms with E-state index in [2.05, 4.69) is 15.3 Å². The molecule has 2 N–H and O–H groups in total. The summed E-state index contributed by atoms with van der Waals surface area (Å²) in [6, 6.07) is 10.1. The molecule has 0 spiro atoms. The van der Waals surface area contributed by atoms with E-state index in [0.29, 0.717) is 13.1 Å². The summed E-state index contributed by atoms with van der Waals surface area (Å²) in [4.78, 5) is 14.6. The van der Waals surface area contributed by atoms with Crippen LogP contribution in [-0.4, -0.2) is 61.4 Å². The quantitative estimate of drug-likeness (QED) is 0.521. The van der Waals surface area contributed by atoms with Gasteiger partial charge in [-0.05, 0) is 25.3 Å². The van der Waals surface area contributed by atoms with Gasteiger partial charge in [0.2, 0.25) is 0 Å². The number of imidazole rings is 1. The molecule has 0 saturated heterocycles. The minimum Gasteiger partial charge on any atom is -0.357 e. The van der Waals surface area contributed by atoms with E-state index >= 15 is 0 Å². The van der Waals surface area contributed by atoms with Crippen LogP contribution in [0.2, 0.25) is 0 Å². The van der Waals surface area contributed by atoms with Crippen molar-refractivity contribution in [1.82, 2.24) is 20.2 Å². The Morgan fingerprint density at radius 1 is 1.32 bits per heavy atom. The van der Waals surface area contributed by atoms with Gasteiger partial charge in [0.05, 0.1) is 24.2 Å². The Hall–Kier alpha value is -2.35. The number of guanidine groups is 1. The molecule has 1 heterocycles. The van der Waals surface area contributed by atoms with Crippen LogP contribution in [0.4, 0.5) is 0 Å². The third-order valence-electron chi connectivity index (χ3n) is 4.89. The maximum absolute atomic E-state index is 11.7. The molecule has 8 heteroatoms. The molecule has 1 aliphatic carbocycles. The zero-order chi connectivity index (χ0) is 20.2. The first-order valence-electron chi connectivity index (χ1n) is 9.57. The lowest BCUT2D eigenvalue weighted by Gasteiger charge is -2.22. The fourth-order valence-electron chi connectivity index (χ4n) is 3.30. The lowest BCUT2D eigenvalue weighted by molar-refractivity contribution is 0.458. The van der Waals surface area contributed by atoms with Gasteiger partial charge in [-0.25, -0.2) is 13.4 Å². The van der Waals surface area contributed by atoms with E-state index in [1.54, 1.807) is 0 Å². The highest BCUT2D eigenvalue weighted by molar-refractivity contribution is 7.90. The molecule has 1 aromatic heterocycles. The van der Waals surface area contributed by atoms with E-state index in [9.17, 15) is 8.42 Å². The van der Waals surface area contributed by atoms with Gasteiger partial charge in [-0.2, -0.15) is 0 Å². The van der Waals surface area contributed by atoms with Crippen LogP contribution >= 0.6 is 0 Å². The number of nitrogens with zero attached hydrogens (tertiary/aromatic N) is 3. The van der Waals surface area contributed by atoms with Crippen LogP contribution in [0.1, 0.15) is 25.6 Å². The van der Waals surface area contributed by atoms with Crippen LogP contribution in [0.15, 0.2) is 41.5 Å². The van der Waals surface area contributed by atoms with E-state index in [1.165, 1.54) is 6.26 Å². The average Bonchev–Trinajstić information content (AvgIpc) is 3.22. The first kappa shape index (κ1) is 20.4. The van der Waals surface area contributed by atoms with Crippen molar-refractivity contribution < 1.29 is 8.42 Å². The summed E-state index contributed by atoms with van der Waals surface area (Å²) in [5, 5.41) is 3.29. The van der Waals surface area contributed by atoms with Crippen LogP contribution in [0, 0.1) is 5.41 Å². The number of sulfone groups is 1. The van der Waals surface area contributed by atoms with Gasteiger partial charge in [0.1, 0.15) is 15.7 Å². The molecule has 28 heavy (non-hydrogen) atoms. The molecule has 1 aromatic carbocycles. The monoisotopic (exact) mass is 403 g/mol. The molecule has 7 nitrogen and oxygen atoms in total. The molecule has 1 aliphatic rings. The summed E-state index contributed by atoms with van der Waals surface area (Å²) in [6.45, 7) is 3.88. The molecular formula is C20H29N5O2S. The maximum Gasteiger partial charge on any atom is 0.194 e. The van der Waals surface area contributed by atoms with Gasteiger partial charge in [-0.15, -0.1) is 0 Å². The van der Waals surface area contributed by atoms with Gasteiger partial charge in [0.25, 0.3) is 0 Å². The Morgan fingerprint density at radius 2 is 2.04 bits per heavy atom. The highest BCUT2D eigenvalue weighted by Gasteiger charge is 2.45. The van der Waals surface area contributed by atoms with Crippen molar-refractivity contribution in [3.63, 3.8) is 0 Å². The minimum absolute atomic E-state index is 0.180. The van der Waals surface area contributed by atoms with Crippen molar-refractivity contribution in [1.29, 1.82) is 0 Å². The van der Waals surface area contributed by atoms with Gasteiger partial charge in [0.15, 0.2) is 5.96 Å². The van der Waals surface area contributed by atoms with Gasteiger partial charge < -0.3 is 15.2 Å². The van der Waals surface area contributed by atoms with Crippen LogP contribution in [0.25, 0.3) is 11.3 Å². The second kappa shape index (κ2) is 8.34. The Balaban J connectivity index is 1.66. The topological polar surface area (TPSA) is 90.4 Å². The van der Waals surface area contributed by atoms with Crippen molar-refractivity contribution in [2.24, 2.45) is 10.4 Å². The smallest absolute Gasteiger partial charge is 0.194 e. The number of aromatic amines is 1. The SMILES string of the molecule is CCNC(=NCC1(CS(C)(=O)=O)CC1)N(C)Cc1ncc(-c2ccccc2)[nH]1. The van der Waals surface area contributed by atoms with Crippen molar-refractivity contribution >= 4 is 15.8 Å². The molecule has 1 fully saturated rings. The second-order valence-electron chi connectivity index (χ2n) is 7.71. The van der Waals surface area contributed by atoms with E-state index < -0.39 is 9.84 Å². The lowest BCUT2D eigenvalue weighted by Crippen LogP contribution is -2.39. The number of rotatable bonds is 8. The molecule has 0 radical (unpaired) electrons. The fraction of sp³-hybridized carbons (Fsp3) is 0.500. The zero-order valence-corrected chi connectivity index (χ0v) is 17.6. The van der Waals surface area contributed by atoms with Crippen LogP contribution < -0.4 is 5.32 Å². The Kier molecular flexibility index (Phi) is 6.07. The van der Waals surface area contributed by atoms with E-state index in [4.69, 9.17) is 4.99 Å². The minimum atomic E-state index is -2.99. The zero-order valence-electron chi connectivity index (χ0n) is 16.8. The molecular weight excluding hydrogens is 374 g/mol. The molecule has 0 bridgehead atoms. The van der Waals surface area contributed by atoms with E-state index in [1.807, 2.05) is 55.4 Å². The predicted molar refractivity (Wildman–Crippen MR) is 113 cm³/mol. The maximum atomic E-state index is 11.7. The predicted octanol–water partition coefficient (Wildman–Crippen LogP) is 2.30. The Morgan fingerprint density at radius 3 is 2.64 bits per heavy atom. The molecule has 0 aliphatic heterocycles. The van der Waals surface area contributed by atoms with Crippen molar-refractivity contribution in [3.05, 3.63) is 42.4 Å². The Labute approximate surface area is 167 Å². The summed E-state index contributed by atoms with van der Waals surface area (Å²) < 4.78 is 23.3. The molecule has 3 rings (SSSR count). The number of hydrogen-bond acceptors (Lipinski definition) is 4. The van der Waals surface area contributed by atoms with Gasteiger partial charge in [-0.3, -0.25) is 4.99 Å². The molecule has 2 aromatic rings. The number of aliphatic imine (C=N–C) groups is 1. The number of H-pyrrole nitrogens is 1. The highest BCUT2D eigenvalue weighted by Crippen LogP contribution is 2.46. The second-order valence-corrected chi connectivity index (χ2v) is 9.85. The van der Waals surface area contributed by atoms with Crippen molar-refractivity contribution in [2.75, 3.05) is 32.1 Å². The molecule has 152 valence electrons. The first-order chi connectivity index (χ1) is 13.3. The van der Waals surface area contributed by atoms with Crippen molar-refractivity contribution in [2.45, 2.75) is 26.3 Å². The van der Waals surface area contributed by atoms with Gasteiger partial charge >= 0.3 is 0 Å². The van der Waals surface area contributed by atoms with Gasteiger partial charge in [-0.1, -0.05) is 30.3 Å². The van der Waals surface area contributed by atoms with E-state index in [-0.39, 0.29) is 11.2 Å². The summed E-state index contributed by atoms with van der Waals surface area (Å²) in [7, 11) is -1.03. The molecule has 1 saturated carbocycles. The normalized spacial score (nSPS) is 16.0. The first-order valence-corrected chi connectivity index (χ1v) is 11.6. The molecule has 0 unspecified atom stereocenters. The Bertz CT molecular complexity index is 917.